The van der Waals surface area contributed by atoms with Crippen LogP contribution in [-0.2, 0) is 28.5 Å². The Morgan fingerprint density at radius 2 is 1.79 bits per heavy atom. The second-order valence-corrected chi connectivity index (χ2v) is 4.42. The van der Waals surface area contributed by atoms with Gasteiger partial charge in [0.15, 0.2) is 12.2 Å². The van der Waals surface area contributed by atoms with E-state index in [0.717, 1.165) is 14.2 Å². The second-order valence-electron chi connectivity index (χ2n) is 4.42. The van der Waals surface area contributed by atoms with Crippen molar-refractivity contribution < 1.29 is 38.1 Å². The summed E-state index contributed by atoms with van der Waals surface area (Å²) in [6.07, 6.45) is -3.69. The summed E-state index contributed by atoms with van der Waals surface area (Å²) >= 11 is 0. The molecule has 8 nitrogen and oxygen atoms in total. The summed E-state index contributed by atoms with van der Waals surface area (Å²) in [6, 6.07) is 0. The third-order valence-electron chi connectivity index (χ3n) is 2.76. The zero-order valence-electron chi connectivity index (χ0n) is 11.1. The molecule has 108 valence electrons. The first-order valence-corrected chi connectivity index (χ1v) is 5.49. The van der Waals surface area contributed by atoms with Gasteiger partial charge in [0, 0.05) is 0 Å². The predicted octanol–water partition coefficient (Wildman–Crippen LogP) is 0.873. The maximum absolute atomic E-state index is 11.7. The summed E-state index contributed by atoms with van der Waals surface area (Å²) < 4.78 is 23.4. The summed E-state index contributed by atoms with van der Waals surface area (Å²) in [5, 5.41) is 0. The first-order chi connectivity index (χ1) is 8.82. The van der Waals surface area contributed by atoms with Gasteiger partial charge in [-0.25, -0.2) is 9.59 Å². The molecular formula is C11H16O8. The first kappa shape index (κ1) is 15.1. The number of methoxy groups -OCH3 is 2. The Kier molecular flexibility index (Phi) is 4.57. The lowest BCUT2D eigenvalue weighted by molar-refractivity contribution is -0.148. The predicted molar refractivity (Wildman–Crippen MR) is 59.3 cm³/mol. The highest BCUT2D eigenvalue weighted by atomic mass is 16.7. The van der Waals surface area contributed by atoms with Crippen molar-refractivity contribution in [2.24, 2.45) is 5.41 Å². The minimum absolute atomic E-state index is 0.274. The van der Waals surface area contributed by atoms with Gasteiger partial charge in [-0.15, -0.1) is 0 Å². The maximum Gasteiger partial charge on any atom is 0.508 e. The largest absolute Gasteiger partial charge is 0.508 e. The van der Waals surface area contributed by atoms with E-state index in [1.54, 1.807) is 13.8 Å². The third kappa shape index (κ3) is 3.27. The van der Waals surface area contributed by atoms with Crippen LogP contribution in [0.15, 0.2) is 0 Å². The van der Waals surface area contributed by atoms with Gasteiger partial charge >= 0.3 is 18.3 Å². The summed E-state index contributed by atoms with van der Waals surface area (Å²) in [6.45, 7) is 2.84. The third-order valence-corrected chi connectivity index (χ3v) is 2.76. The molecule has 2 atom stereocenters. The van der Waals surface area contributed by atoms with E-state index in [1.165, 1.54) is 0 Å². The molecule has 0 bridgehead atoms. The molecule has 0 spiro atoms. The number of carbonyl (C=O) groups excluding carboxylic acids is 3. The van der Waals surface area contributed by atoms with Gasteiger partial charge in [0.25, 0.3) is 0 Å². The Labute approximate surface area is 109 Å². The van der Waals surface area contributed by atoms with Crippen LogP contribution in [0.25, 0.3) is 0 Å². The lowest BCUT2D eigenvalue weighted by Crippen LogP contribution is -2.40. The molecule has 1 aliphatic rings. The van der Waals surface area contributed by atoms with Crippen LogP contribution < -0.4 is 0 Å². The Morgan fingerprint density at radius 3 is 2.32 bits per heavy atom. The smallest absolute Gasteiger partial charge is 0.454 e. The summed E-state index contributed by atoms with van der Waals surface area (Å²) in [4.78, 5) is 33.7. The zero-order chi connectivity index (χ0) is 14.6. The van der Waals surface area contributed by atoms with Gasteiger partial charge in [-0.05, 0) is 13.8 Å². The van der Waals surface area contributed by atoms with Crippen molar-refractivity contribution in [3.63, 3.8) is 0 Å². The van der Waals surface area contributed by atoms with Crippen LogP contribution in [0.1, 0.15) is 13.8 Å². The zero-order valence-corrected chi connectivity index (χ0v) is 11.1. The van der Waals surface area contributed by atoms with E-state index in [-0.39, 0.29) is 6.61 Å². The van der Waals surface area contributed by atoms with Gasteiger partial charge in [-0.3, -0.25) is 4.79 Å². The van der Waals surface area contributed by atoms with E-state index in [1.807, 2.05) is 0 Å². The summed E-state index contributed by atoms with van der Waals surface area (Å²) in [5.74, 6) is -0.556. The highest BCUT2D eigenvalue weighted by Crippen LogP contribution is 2.36. The van der Waals surface area contributed by atoms with Crippen molar-refractivity contribution in [3.05, 3.63) is 0 Å². The molecule has 1 rings (SSSR count). The minimum atomic E-state index is -1.06. The van der Waals surface area contributed by atoms with Crippen LogP contribution >= 0.6 is 0 Å². The van der Waals surface area contributed by atoms with Crippen molar-refractivity contribution in [1.29, 1.82) is 0 Å². The van der Waals surface area contributed by atoms with E-state index >= 15 is 0 Å². The van der Waals surface area contributed by atoms with Crippen molar-refractivity contribution >= 4 is 18.3 Å². The molecular weight excluding hydrogens is 260 g/mol. The minimum Gasteiger partial charge on any atom is -0.454 e. The number of hydrogen-bond donors (Lipinski definition) is 0. The fourth-order valence-electron chi connectivity index (χ4n) is 1.64. The molecule has 0 aromatic carbocycles. The molecule has 0 aromatic rings. The van der Waals surface area contributed by atoms with E-state index < -0.39 is 35.9 Å². The topological polar surface area (TPSA) is 97.4 Å². The Hall–Kier alpha value is -1.99. The Morgan fingerprint density at radius 1 is 1.21 bits per heavy atom. The van der Waals surface area contributed by atoms with Crippen molar-refractivity contribution in [3.8, 4) is 0 Å². The average Bonchev–Trinajstić information content (AvgIpc) is 2.59. The molecule has 0 saturated carbocycles. The van der Waals surface area contributed by atoms with Gasteiger partial charge in [0.1, 0.15) is 12.0 Å². The molecule has 1 heterocycles. The van der Waals surface area contributed by atoms with Crippen LogP contribution in [0.2, 0.25) is 0 Å². The van der Waals surface area contributed by atoms with E-state index in [2.05, 4.69) is 9.47 Å². The maximum atomic E-state index is 11.7. The monoisotopic (exact) mass is 276 g/mol. The standard InChI is InChI=1S/C11H16O8/c1-11(2)7(19-10(14)16-4)6(18-8(11)12)5-17-9(13)15-3/h6-7H,5H2,1-4H3/t6-,7-/m1/s1. The molecule has 0 aromatic heterocycles. The quantitative estimate of drug-likeness (QED) is 0.553. The molecule has 1 fully saturated rings. The molecule has 0 aliphatic carbocycles. The van der Waals surface area contributed by atoms with Gasteiger partial charge in [-0.2, -0.15) is 0 Å². The first-order valence-electron chi connectivity index (χ1n) is 5.49. The molecule has 1 aliphatic heterocycles. The van der Waals surface area contributed by atoms with Crippen molar-refractivity contribution in [1.82, 2.24) is 0 Å². The second kappa shape index (κ2) is 5.77. The van der Waals surface area contributed by atoms with Gasteiger partial charge in [0.05, 0.1) is 14.2 Å². The molecule has 1 saturated heterocycles. The fourth-order valence-corrected chi connectivity index (χ4v) is 1.64. The van der Waals surface area contributed by atoms with E-state index in [0.29, 0.717) is 0 Å². The van der Waals surface area contributed by atoms with Crippen molar-refractivity contribution in [2.75, 3.05) is 20.8 Å². The summed E-state index contributed by atoms with van der Waals surface area (Å²) in [5.41, 5.74) is -1.06. The van der Waals surface area contributed by atoms with Crippen LogP contribution in [0.3, 0.4) is 0 Å². The van der Waals surface area contributed by atoms with Gasteiger partial charge < -0.3 is 23.7 Å². The number of cyclic esters (lactones) is 1. The average molecular weight is 276 g/mol. The van der Waals surface area contributed by atoms with Gasteiger partial charge in [0.2, 0.25) is 0 Å². The van der Waals surface area contributed by atoms with Crippen LogP contribution in [0, 0.1) is 5.41 Å². The Bertz CT molecular complexity index is 375. The van der Waals surface area contributed by atoms with Gasteiger partial charge in [-0.1, -0.05) is 0 Å². The van der Waals surface area contributed by atoms with Crippen molar-refractivity contribution in [2.45, 2.75) is 26.1 Å². The molecule has 19 heavy (non-hydrogen) atoms. The number of hydrogen-bond acceptors (Lipinski definition) is 8. The number of carbonyl (C=O) groups is 3. The van der Waals surface area contributed by atoms with E-state index in [9.17, 15) is 14.4 Å². The van der Waals surface area contributed by atoms with E-state index in [4.69, 9.17) is 14.2 Å². The Balaban J connectivity index is 2.75. The molecule has 8 heteroatoms. The van der Waals surface area contributed by atoms with Crippen LogP contribution in [-0.4, -0.2) is 51.3 Å². The number of ether oxygens (including phenoxy) is 5. The lowest BCUT2D eigenvalue weighted by atomic mass is 9.86. The normalized spacial score (nSPS) is 24.3. The number of rotatable bonds is 3. The molecule has 0 N–H and O–H groups in total. The van der Waals surface area contributed by atoms with Crippen LogP contribution in [0.5, 0.6) is 0 Å². The SMILES string of the molecule is COC(=O)OC[C@H]1OC(=O)C(C)(C)[C@@H]1OC(=O)OC. The number of esters is 1. The highest BCUT2D eigenvalue weighted by molar-refractivity contribution is 5.80. The van der Waals surface area contributed by atoms with Crippen LogP contribution in [0.4, 0.5) is 9.59 Å². The summed E-state index contributed by atoms with van der Waals surface area (Å²) in [7, 11) is 2.29. The highest BCUT2D eigenvalue weighted by Gasteiger charge is 2.54. The molecule has 0 unspecified atom stereocenters. The lowest BCUT2D eigenvalue weighted by Gasteiger charge is -2.24. The molecule has 0 radical (unpaired) electrons. The molecule has 0 amide bonds. The fraction of sp³-hybridized carbons (Fsp3) is 0.727.